The van der Waals surface area contributed by atoms with Crippen LogP contribution in [-0.2, 0) is 384 Å². The van der Waals surface area contributed by atoms with Gasteiger partial charge in [-0.2, -0.15) is 17.7 Å². The molecule has 1 aromatic heterocycles. The third-order valence-electron chi connectivity index (χ3n) is 4.99. The third-order valence-corrected chi connectivity index (χ3v) is 4.99. The molecule has 0 saturated carbocycles. The Kier molecular flexibility index (Phi) is 135. The van der Waals surface area contributed by atoms with Crippen LogP contribution in [0.15, 0.2) is 60.8 Å². The Morgan fingerprint density at radius 3 is 1.39 bits per heavy atom. The fourth-order valence-electron chi connectivity index (χ4n) is 2.67. The van der Waals surface area contributed by atoms with Gasteiger partial charge in [0.2, 0.25) is 0 Å². The molecule has 1 aliphatic heterocycles. The van der Waals surface area contributed by atoms with Gasteiger partial charge in [-0.25, -0.2) is 12.1 Å². The molecule has 3 aromatic rings. The fraction of sp³-hybridized carbons (Fsp3) is 0.333. The summed E-state index contributed by atoms with van der Waals surface area (Å²) in [5, 5.41) is 1.05. The van der Waals surface area contributed by atoms with Crippen LogP contribution in [0, 0.1) is 6.07 Å². The van der Waals surface area contributed by atoms with Gasteiger partial charge in [0.15, 0.2) is 0 Å². The molecule has 46 heavy (non-hydrogen) atoms. The predicted octanol–water partition coefficient (Wildman–Crippen LogP) is 4.46. The molecule has 1 saturated heterocycles. The number of carbonyl (C=O) groups excluding carboxylic acids is 1. The van der Waals surface area contributed by atoms with Crippen LogP contribution in [0.5, 0.6) is 0 Å². The first-order chi connectivity index (χ1) is 13.8. The Morgan fingerprint density at radius 2 is 1.04 bits per heavy atom. The van der Waals surface area contributed by atoms with Crippen molar-refractivity contribution >= 4 is 29.8 Å². The number of benzene rings is 2. The van der Waals surface area contributed by atoms with Gasteiger partial charge in [-0.05, 0) is 38.7 Å². The SMILES string of the molecule is CC.CC1(C)OB(c2ccc3nc[c-]cc3c2)OC1(C)C.O=[C-]c1ccccc1.[W].[W].[W].[W].[W].[W].[W].[W].[W].[W].[W].[W].[W].[W].[W].[W].[Y]. The molecule has 4 nitrogen and oxygen atoms in total. The first-order valence-corrected chi connectivity index (χ1v) is 9.87. The topological polar surface area (TPSA) is 48.4 Å². The molecule has 2 aromatic carbocycles. The van der Waals surface area contributed by atoms with E-state index in [1.54, 1.807) is 36.7 Å². The number of hydrogen-bond acceptors (Lipinski definition) is 4. The van der Waals surface area contributed by atoms with E-state index in [0.717, 1.165) is 16.4 Å². The molecule has 0 unspecified atom stereocenters. The Bertz CT molecular complexity index is 959. The minimum Gasteiger partial charge on any atom is -0.399 e. The van der Waals surface area contributed by atoms with Gasteiger partial charge < -0.3 is 14.1 Å². The second-order valence-electron chi connectivity index (χ2n) is 7.44. The summed E-state index contributed by atoms with van der Waals surface area (Å²) in [7, 11) is -0.324. The van der Waals surface area contributed by atoms with Crippen LogP contribution < -0.4 is 5.46 Å². The zero-order valence-electron chi connectivity index (χ0n) is 25.1. The smallest absolute Gasteiger partial charge is 0.399 e. The second-order valence-corrected chi connectivity index (χ2v) is 7.44. The third kappa shape index (κ3) is 37.9. The molecule has 4 rings (SSSR count). The van der Waals surface area contributed by atoms with E-state index in [1.807, 2.05) is 38.1 Å². The van der Waals surface area contributed by atoms with Crippen molar-refractivity contribution in [3.8, 4) is 0 Å². The van der Waals surface area contributed by atoms with E-state index in [0.29, 0.717) is 5.56 Å². The predicted molar refractivity (Wildman–Crippen MR) is 119 cm³/mol. The molecule has 251 valence electrons. The molecule has 1 fully saturated rings. The minimum atomic E-state index is -0.324. The molecule has 1 radical (unpaired) electrons. The number of fused-ring (bicyclic) bond motifs is 1. The summed E-state index contributed by atoms with van der Waals surface area (Å²) < 4.78 is 12.1. The van der Waals surface area contributed by atoms with Crippen LogP contribution in [-0.4, -0.2) is 29.6 Å². The fourth-order valence-corrected chi connectivity index (χ4v) is 2.67. The van der Waals surface area contributed by atoms with Gasteiger partial charge in [-0.15, -0.1) is 23.6 Å². The van der Waals surface area contributed by atoms with E-state index in [-0.39, 0.29) is 388 Å². The van der Waals surface area contributed by atoms with Crippen LogP contribution >= 0.6 is 0 Å². The maximum absolute atomic E-state index is 9.88. The van der Waals surface area contributed by atoms with E-state index in [2.05, 4.69) is 44.8 Å². The normalized spacial score (nSPS) is 10.3. The zero-order chi connectivity index (χ0) is 21.5. The van der Waals surface area contributed by atoms with Gasteiger partial charge in [0.25, 0.3) is 0 Å². The Morgan fingerprint density at radius 1 is 0.652 bits per heavy atom. The van der Waals surface area contributed by atoms with E-state index >= 15 is 0 Å². The molecule has 0 spiro atoms. The first kappa shape index (κ1) is 106. The molecular formula is C24H28BNO3W16Y-2. The number of nitrogens with zero attached hydrogens (tertiary/aromatic N) is 1. The van der Waals surface area contributed by atoms with Crippen LogP contribution in [0.4, 0.5) is 0 Å². The summed E-state index contributed by atoms with van der Waals surface area (Å²) in [5.74, 6) is 0. The summed E-state index contributed by atoms with van der Waals surface area (Å²) in [4.78, 5) is 14.2. The second kappa shape index (κ2) is 58.9. The maximum atomic E-state index is 9.88. The monoisotopic (exact) mass is 3420 g/mol. The standard InChI is InChI=1S/C15H17BNO2.C7H5O.C2H6.16W.Y/c1-14(2)15(3,4)19-16(18-14)12-7-8-13-11(10-12)6-5-9-17-13;8-6-7-4-2-1-3-5-7;1-2;;;;;;;;;;;;;;;;;/h6-10H,1-4H3;1-5H;1-2H3;;;;;;;;;;;;;;;;;/q2*-1;;;;;;;;;;;;;;;;;;. The minimum absolute atomic E-state index is 0. The summed E-state index contributed by atoms with van der Waals surface area (Å²) in [6, 6.07) is 19.9. The van der Waals surface area contributed by atoms with Crippen molar-refractivity contribution in [3.05, 3.63) is 72.4 Å². The van der Waals surface area contributed by atoms with Crippen molar-refractivity contribution in [3.63, 3.8) is 0 Å². The number of hydrogen-bond donors (Lipinski definition) is 0. The van der Waals surface area contributed by atoms with Crippen molar-refractivity contribution in [2.75, 3.05) is 0 Å². The largest absolute Gasteiger partial charge is 0.493 e. The molecular weight excluding hydrogens is 3390 g/mol. The Labute approximate surface area is 532 Å². The molecule has 2 heterocycles. The van der Waals surface area contributed by atoms with Gasteiger partial charge in [-0.3, -0.25) is 4.98 Å². The van der Waals surface area contributed by atoms with Crippen molar-refractivity contribution in [2.45, 2.75) is 52.7 Å². The van der Waals surface area contributed by atoms with Gasteiger partial charge in [0.1, 0.15) is 0 Å². The quantitative estimate of drug-likeness (QED) is 0.282. The maximum Gasteiger partial charge on any atom is 0.493 e. The summed E-state index contributed by atoms with van der Waals surface area (Å²) in [6.45, 7) is 12.2. The average molecular weight is 3420 g/mol. The van der Waals surface area contributed by atoms with E-state index in [9.17, 15) is 4.79 Å². The van der Waals surface area contributed by atoms with Crippen LogP contribution in [0.3, 0.4) is 0 Å². The summed E-state index contributed by atoms with van der Waals surface area (Å²) in [6.07, 6.45) is 3.45. The number of aromatic nitrogens is 1. The zero-order valence-corrected chi connectivity index (χ0v) is 74.9. The van der Waals surface area contributed by atoms with Crippen molar-refractivity contribution in [1.82, 2.24) is 4.98 Å². The van der Waals surface area contributed by atoms with Crippen molar-refractivity contribution in [2.24, 2.45) is 0 Å². The van der Waals surface area contributed by atoms with E-state index < -0.39 is 0 Å². The summed E-state index contributed by atoms with van der Waals surface area (Å²) in [5.41, 5.74) is 1.96. The first-order valence-electron chi connectivity index (χ1n) is 9.87. The molecule has 22 heteroatoms. The Balaban J connectivity index is -0.0000000217. The molecule has 0 bridgehead atoms. The summed E-state index contributed by atoms with van der Waals surface area (Å²) >= 11 is 0. The van der Waals surface area contributed by atoms with Crippen LogP contribution in [0.2, 0.25) is 0 Å². The van der Waals surface area contributed by atoms with E-state index in [4.69, 9.17) is 9.31 Å². The van der Waals surface area contributed by atoms with Crippen LogP contribution in [0.25, 0.3) is 10.9 Å². The Hall–Kier alpha value is 9.62. The number of rotatable bonds is 2. The molecule has 0 N–H and O–H groups in total. The van der Waals surface area contributed by atoms with E-state index in [1.165, 1.54) is 0 Å². The molecule has 0 atom stereocenters. The van der Waals surface area contributed by atoms with Crippen molar-refractivity contribution in [1.29, 1.82) is 0 Å². The molecule has 0 aliphatic carbocycles. The van der Waals surface area contributed by atoms with Gasteiger partial charge >= 0.3 is 7.12 Å². The van der Waals surface area contributed by atoms with Crippen molar-refractivity contribution < 1.29 is 384 Å². The van der Waals surface area contributed by atoms with Gasteiger partial charge in [-0.1, -0.05) is 38.2 Å². The molecule has 1 aliphatic rings. The molecule has 0 amide bonds. The van der Waals surface area contributed by atoms with Crippen LogP contribution in [0.1, 0.15) is 47.1 Å². The average Bonchev–Trinajstić information content (AvgIpc) is 2.97. The number of pyridine rings is 1. The van der Waals surface area contributed by atoms with Gasteiger partial charge in [0.05, 0.1) is 17.5 Å². The van der Waals surface area contributed by atoms with Gasteiger partial charge in [0, 0.05) is 370 Å².